The molecule has 0 fully saturated rings. The van der Waals surface area contributed by atoms with E-state index < -0.39 is 0 Å². The second kappa shape index (κ2) is 35.8. The van der Waals surface area contributed by atoms with Crippen molar-refractivity contribution in [1.29, 1.82) is 0 Å². The highest BCUT2D eigenvalue weighted by Crippen LogP contribution is 2.24. The third kappa shape index (κ3) is 32.9. The molecule has 0 saturated heterocycles. The minimum atomic E-state index is 1.03. The van der Waals surface area contributed by atoms with Gasteiger partial charge in [-0.05, 0) is 16.8 Å². The molecule has 0 aliphatic heterocycles. The van der Waals surface area contributed by atoms with Crippen LogP contribution in [-0.4, -0.2) is 4.43 Å². The van der Waals surface area contributed by atoms with E-state index in [1.165, 1.54) is 216 Å². The Labute approximate surface area is 257 Å². The summed E-state index contributed by atoms with van der Waals surface area (Å²) in [6.45, 7) is 4.63. The maximum absolute atomic E-state index is 2.56. The number of alkyl halides is 1. The highest BCUT2D eigenvalue weighted by molar-refractivity contribution is 14.1. The Morgan fingerprint density at radius 1 is 0.289 bits per heavy atom. The zero-order valence-electron chi connectivity index (χ0n) is 27.0. The van der Waals surface area contributed by atoms with E-state index in [1.54, 1.807) is 0 Å². The zero-order chi connectivity index (χ0) is 27.6. The van der Waals surface area contributed by atoms with Crippen LogP contribution < -0.4 is 0 Å². The quantitative estimate of drug-likeness (QED) is 0.0371. The maximum atomic E-state index is 2.56. The molecule has 0 radical (unpaired) electrons. The molecule has 0 unspecified atom stereocenters. The molecular weight excluding hydrogens is 571 g/mol. The molecule has 0 aromatic carbocycles. The molecule has 0 spiro atoms. The average Bonchev–Trinajstić information content (AvgIpc) is 2.93. The second-order valence-electron chi connectivity index (χ2n) is 12.8. The molecule has 0 saturated carbocycles. The van der Waals surface area contributed by atoms with E-state index in [0.29, 0.717) is 0 Å². The lowest BCUT2D eigenvalue weighted by atomic mass is 9.90. The predicted molar refractivity (Wildman–Crippen MR) is 186 cm³/mol. The summed E-state index contributed by atoms with van der Waals surface area (Å²) in [7, 11) is 0. The van der Waals surface area contributed by atoms with Crippen LogP contribution in [0.1, 0.15) is 226 Å². The van der Waals surface area contributed by atoms with Crippen molar-refractivity contribution in [3.05, 3.63) is 0 Å². The monoisotopic (exact) mass is 646 g/mol. The van der Waals surface area contributed by atoms with Crippen LogP contribution in [-0.2, 0) is 0 Å². The van der Waals surface area contributed by atoms with Gasteiger partial charge in [-0.2, -0.15) is 0 Å². The highest BCUT2D eigenvalue weighted by Gasteiger charge is 2.08. The van der Waals surface area contributed by atoms with E-state index in [4.69, 9.17) is 0 Å². The Balaban J connectivity index is 3.55. The molecule has 0 heterocycles. The average molecular weight is 647 g/mol. The van der Waals surface area contributed by atoms with Crippen molar-refractivity contribution in [2.75, 3.05) is 4.43 Å². The van der Waals surface area contributed by atoms with Crippen LogP contribution in [0.5, 0.6) is 0 Å². The predicted octanol–water partition coefficient (Wildman–Crippen LogP) is 15.0. The first-order chi connectivity index (χ1) is 18.8. The summed E-state index contributed by atoms with van der Waals surface area (Å²) in [6.07, 6.45) is 48.9. The standard InChI is InChI=1S/C37H75I/c1-3-5-7-9-11-13-15-17-19-21-23-25-27-29-33-37(35-31-32-36-38)34-30-28-26-24-22-20-18-16-14-12-10-8-6-4-2/h37H,3-36H2,1-2H3. The van der Waals surface area contributed by atoms with Crippen LogP contribution >= 0.6 is 22.6 Å². The van der Waals surface area contributed by atoms with Gasteiger partial charge < -0.3 is 0 Å². The Bertz CT molecular complexity index is 360. The summed E-state index contributed by atoms with van der Waals surface area (Å²) in [4.78, 5) is 0. The number of rotatable bonds is 34. The van der Waals surface area contributed by atoms with Gasteiger partial charge in [-0.1, -0.05) is 242 Å². The summed E-state index contributed by atoms with van der Waals surface area (Å²) < 4.78 is 1.35. The third-order valence-electron chi connectivity index (χ3n) is 8.93. The summed E-state index contributed by atoms with van der Waals surface area (Å²) >= 11 is 2.56. The lowest BCUT2D eigenvalue weighted by molar-refractivity contribution is 0.371. The Morgan fingerprint density at radius 3 is 0.737 bits per heavy atom. The summed E-state index contributed by atoms with van der Waals surface area (Å²) in [6, 6.07) is 0. The SMILES string of the molecule is CCCCCCCCCCCCCCCCC(CCCCI)CCCCCCCCCCCCCCCC. The van der Waals surface area contributed by atoms with Crippen molar-refractivity contribution >= 4 is 22.6 Å². The van der Waals surface area contributed by atoms with Gasteiger partial charge in [0.1, 0.15) is 0 Å². The van der Waals surface area contributed by atoms with Gasteiger partial charge in [0.15, 0.2) is 0 Å². The van der Waals surface area contributed by atoms with Gasteiger partial charge in [-0.15, -0.1) is 0 Å². The van der Waals surface area contributed by atoms with Gasteiger partial charge >= 0.3 is 0 Å². The fourth-order valence-electron chi connectivity index (χ4n) is 6.22. The van der Waals surface area contributed by atoms with Crippen molar-refractivity contribution in [2.45, 2.75) is 226 Å². The molecule has 38 heavy (non-hydrogen) atoms. The minimum Gasteiger partial charge on any atom is -0.0864 e. The van der Waals surface area contributed by atoms with Crippen LogP contribution in [0.3, 0.4) is 0 Å². The molecule has 0 N–H and O–H groups in total. The second-order valence-corrected chi connectivity index (χ2v) is 13.9. The first-order valence-electron chi connectivity index (χ1n) is 18.4. The molecule has 0 aromatic heterocycles. The topological polar surface area (TPSA) is 0 Å². The van der Waals surface area contributed by atoms with Gasteiger partial charge in [0.05, 0.1) is 0 Å². The molecule has 0 atom stereocenters. The molecule has 0 nitrogen and oxygen atoms in total. The zero-order valence-corrected chi connectivity index (χ0v) is 29.2. The van der Waals surface area contributed by atoms with Crippen molar-refractivity contribution < 1.29 is 0 Å². The van der Waals surface area contributed by atoms with E-state index in [0.717, 1.165) is 5.92 Å². The Hall–Kier alpha value is 0.730. The van der Waals surface area contributed by atoms with Crippen LogP contribution in [0, 0.1) is 5.92 Å². The number of halogens is 1. The fourth-order valence-corrected chi connectivity index (χ4v) is 6.76. The molecule has 1 heteroatoms. The number of unbranched alkanes of at least 4 members (excludes halogenated alkanes) is 27. The Kier molecular flexibility index (Phi) is 36.4. The van der Waals surface area contributed by atoms with Crippen LogP contribution in [0.15, 0.2) is 0 Å². The fraction of sp³-hybridized carbons (Fsp3) is 1.00. The van der Waals surface area contributed by atoms with Crippen molar-refractivity contribution in [1.82, 2.24) is 0 Å². The van der Waals surface area contributed by atoms with E-state index >= 15 is 0 Å². The lowest BCUT2D eigenvalue weighted by Gasteiger charge is -2.17. The van der Waals surface area contributed by atoms with E-state index in [9.17, 15) is 0 Å². The molecule has 0 aromatic rings. The van der Waals surface area contributed by atoms with Crippen LogP contribution in [0.4, 0.5) is 0 Å². The molecular formula is C37H75I. The van der Waals surface area contributed by atoms with Gasteiger partial charge in [-0.3, -0.25) is 0 Å². The smallest absolute Gasteiger partial charge is 0.000473 e. The van der Waals surface area contributed by atoms with Crippen molar-refractivity contribution in [3.8, 4) is 0 Å². The normalized spacial score (nSPS) is 11.7. The van der Waals surface area contributed by atoms with E-state index in [1.807, 2.05) is 0 Å². The first-order valence-corrected chi connectivity index (χ1v) is 19.9. The molecule has 0 aliphatic rings. The first kappa shape index (κ1) is 38.7. The summed E-state index contributed by atoms with van der Waals surface area (Å²) in [5, 5.41) is 0. The summed E-state index contributed by atoms with van der Waals surface area (Å²) in [5.41, 5.74) is 0. The van der Waals surface area contributed by atoms with E-state index in [-0.39, 0.29) is 0 Å². The highest BCUT2D eigenvalue weighted by atomic mass is 127. The number of hydrogen-bond acceptors (Lipinski definition) is 0. The number of hydrogen-bond donors (Lipinski definition) is 0. The Morgan fingerprint density at radius 2 is 0.500 bits per heavy atom. The lowest BCUT2D eigenvalue weighted by Crippen LogP contribution is -2.02. The summed E-state index contributed by atoms with van der Waals surface area (Å²) in [5.74, 6) is 1.03. The van der Waals surface area contributed by atoms with Gasteiger partial charge in [0.25, 0.3) is 0 Å². The third-order valence-corrected chi connectivity index (χ3v) is 9.69. The van der Waals surface area contributed by atoms with E-state index in [2.05, 4.69) is 36.4 Å². The molecule has 0 rings (SSSR count). The van der Waals surface area contributed by atoms with Gasteiger partial charge in [0, 0.05) is 0 Å². The van der Waals surface area contributed by atoms with Crippen molar-refractivity contribution in [3.63, 3.8) is 0 Å². The molecule has 230 valence electrons. The maximum Gasteiger partial charge on any atom is -0.000473 e. The van der Waals surface area contributed by atoms with Gasteiger partial charge in [0.2, 0.25) is 0 Å². The van der Waals surface area contributed by atoms with Gasteiger partial charge in [-0.25, -0.2) is 0 Å². The van der Waals surface area contributed by atoms with Crippen LogP contribution in [0.25, 0.3) is 0 Å². The largest absolute Gasteiger partial charge is 0.0864 e. The van der Waals surface area contributed by atoms with Crippen molar-refractivity contribution in [2.24, 2.45) is 5.92 Å². The van der Waals surface area contributed by atoms with Crippen LogP contribution in [0.2, 0.25) is 0 Å². The molecule has 0 aliphatic carbocycles. The molecule has 0 bridgehead atoms. The minimum absolute atomic E-state index is 1.03. The molecule has 0 amide bonds.